The molecule has 0 saturated heterocycles. The second-order valence-corrected chi connectivity index (χ2v) is 7.46. The Morgan fingerprint density at radius 1 is 1.12 bits per heavy atom. The van der Waals surface area contributed by atoms with Crippen LogP contribution in [-0.4, -0.2) is 25.1 Å². The number of rotatable bonds is 6. The van der Waals surface area contributed by atoms with Gasteiger partial charge in [-0.15, -0.1) is 0 Å². The number of halogens is 1. The van der Waals surface area contributed by atoms with E-state index < -0.39 is 10.2 Å². The standard InChI is InChI=1S/C16H20ClN3O3S/c1-10-11(2)16(19-12(3)15(10)21)20-24(22,23)18-9-8-13-4-6-14(17)7-5-13/h4-7,18,21H,8-9H2,1-3H3,(H,19,20). The van der Waals surface area contributed by atoms with Gasteiger partial charge in [-0.1, -0.05) is 23.7 Å². The minimum atomic E-state index is -3.75. The first kappa shape index (κ1) is 18.5. The van der Waals surface area contributed by atoms with Gasteiger partial charge in [0.05, 0.1) is 5.69 Å². The monoisotopic (exact) mass is 369 g/mol. The van der Waals surface area contributed by atoms with Crippen LogP contribution in [0.4, 0.5) is 5.82 Å². The lowest BCUT2D eigenvalue weighted by Gasteiger charge is -2.14. The summed E-state index contributed by atoms with van der Waals surface area (Å²) in [4.78, 5) is 4.10. The van der Waals surface area contributed by atoms with Crippen LogP contribution in [0, 0.1) is 20.8 Å². The maximum atomic E-state index is 12.2. The molecular weight excluding hydrogens is 350 g/mol. The summed E-state index contributed by atoms with van der Waals surface area (Å²) >= 11 is 5.81. The van der Waals surface area contributed by atoms with Crippen molar-refractivity contribution in [1.29, 1.82) is 0 Å². The lowest BCUT2D eigenvalue weighted by Crippen LogP contribution is -2.32. The van der Waals surface area contributed by atoms with Crippen LogP contribution in [0.1, 0.15) is 22.4 Å². The molecule has 2 rings (SSSR count). The third kappa shape index (κ3) is 4.59. The van der Waals surface area contributed by atoms with Gasteiger partial charge >= 0.3 is 0 Å². The van der Waals surface area contributed by atoms with E-state index in [9.17, 15) is 13.5 Å². The Hall–Kier alpha value is -1.83. The summed E-state index contributed by atoms with van der Waals surface area (Å²) in [6.07, 6.45) is 0.540. The van der Waals surface area contributed by atoms with Crippen molar-refractivity contribution in [1.82, 2.24) is 9.71 Å². The molecule has 0 aliphatic rings. The van der Waals surface area contributed by atoms with Crippen molar-refractivity contribution in [2.45, 2.75) is 27.2 Å². The Morgan fingerprint density at radius 2 is 1.75 bits per heavy atom. The third-order valence-corrected chi connectivity index (χ3v) is 5.04. The summed E-state index contributed by atoms with van der Waals surface area (Å²) in [6, 6.07) is 7.22. The Kier molecular flexibility index (Phi) is 5.69. The summed E-state index contributed by atoms with van der Waals surface area (Å²) in [5, 5.41) is 10.5. The van der Waals surface area contributed by atoms with E-state index in [0.29, 0.717) is 28.3 Å². The average molecular weight is 370 g/mol. The van der Waals surface area contributed by atoms with E-state index >= 15 is 0 Å². The fourth-order valence-electron chi connectivity index (χ4n) is 2.17. The van der Waals surface area contributed by atoms with Crippen LogP contribution in [0.2, 0.25) is 5.02 Å². The van der Waals surface area contributed by atoms with E-state index in [1.165, 1.54) is 0 Å². The minimum Gasteiger partial charge on any atom is -0.506 e. The first-order chi connectivity index (χ1) is 11.2. The maximum Gasteiger partial charge on any atom is 0.300 e. The van der Waals surface area contributed by atoms with Crippen molar-refractivity contribution >= 4 is 27.6 Å². The molecule has 0 atom stereocenters. The first-order valence-corrected chi connectivity index (χ1v) is 9.24. The van der Waals surface area contributed by atoms with Crippen molar-refractivity contribution < 1.29 is 13.5 Å². The molecule has 1 heterocycles. The van der Waals surface area contributed by atoms with Gasteiger partial charge in [0.2, 0.25) is 0 Å². The maximum absolute atomic E-state index is 12.2. The highest BCUT2D eigenvalue weighted by molar-refractivity contribution is 7.90. The van der Waals surface area contributed by atoms with Crippen molar-refractivity contribution in [2.75, 3.05) is 11.3 Å². The highest BCUT2D eigenvalue weighted by Gasteiger charge is 2.16. The van der Waals surface area contributed by atoms with Crippen LogP contribution in [0.15, 0.2) is 24.3 Å². The van der Waals surface area contributed by atoms with Crippen molar-refractivity contribution in [2.24, 2.45) is 0 Å². The second-order valence-electron chi connectivity index (χ2n) is 5.52. The summed E-state index contributed by atoms with van der Waals surface area (Å²) in [6.45, 7) is 5.28. The Labute approximate surface area is 147 Å². The molecule has 0 aliphatic carbocycles. The van der Waals surface area contributed by atoms with E-state index in [-0.39, 0.29) is 18.1 Å². The molecule has 0 unspecified atom stereocenters. The van der Waals surface area contributed by atoms with Gasteiger partial charge in [-0.05, 0) is 56.0 Å². The largest absolute Gasteiger partial charge is 0.506 e. The van der Waals surface area contributed by atoms with E-state index in [1.807, 2.05) is 12.1 Å². The van der Waals surface area contributed by atoms with Crippen LogP contribution in [0.25, 0.3) is 0 Å². The van der Waals surface area contributed by atoms with E-state index in [4.69, 9.17) is 11.6 Å². The van der Waals surface area contributed by atoms with Crippen molar-refractivity contribution in [3.63, 3.8) is 0 Å². The third-order valence-electron chi connectivity index (χ3n) is 3.75. The number of pyridine rings is 1. The quantitative estimate of drug-likeness (QED) is 0.730. The molecule has 3 N–H and O–H groups in total. The smallest absolute Gasteiger partial charge is 0.300 e. The SMILES string of the molecule is Cc1nc(NS(=O)(=O)NCCc2ccc(Cl)cc2)c(C)c(C)c1O. The fourth-order valence-corrected chi connectivity index (χ4v) is 3.20. The number of nitrogens with one attached hydrogen (secondary N) is 2. The fraction of sp³-hybridized carbons (Fsp3) is 0.312. The lowest BCUT2D eigenvalue weighted by atomic mass is 10.1. The number of hydrogen-bond acceptors (Lipinski definition) is 4. The molecule has 1 aromatic carbocycles. The molecule has 0 fully saturated rings. The van der Waals surface area contributed by atoms with Crippen molar-refractivity contribution in [3.05, 3.63) is 51.7 Å². The number of hydrogen-bond donors (Lipinski definition) is 3. The molecule has 24 heavy (non-hydrogen) atoms. The van der Waals surface area contributed by atoms with Crippen molar-refractivity contribution in [3.8, 4) is 5.75 Å². The van der Waals surface area contributed by atoms with E-state index in [1.54, 1.807) is 32.9 Å². The normalized spacial score (nSPS) is 11.5. The predicted octanol–water partition coefficient (Wildman–Crippen LogP) is 2.85. The molecule has 0 aliphatic heterocycles. The van der Waals surface area contributed by atoms with Crippen LogP contribution in [0.5, 0.6) is 5.75 Å². The summed E-state index contributed by atoms with van der Waals surface area (Å²) in [7, 11) is -3.75. The number of benzene rings is 1. The molecular formula is C16H20ClN3O3S. The molecule has 0 amide bonds. The molecule has 130 valence electrons. The molecule has 2 aromatic rings. The predicted molar refractivity (Wildman–Crippen MR) is 95.8 cm³/mol. The van der Waals surface area contributed by atoms with Gasteiger partial charge in [0.15, 0.2) is 0 Å². The molecule has 0 saturated carbocycles. The highest BCUT2D eigenvalue weighted by Crippen LogP contribution is 2.27. The highest BCUT2D eigenvalue weighted by atomic mass is 35.5. The number of nitrogens with zero attached hydrogens (tertiary/aromatic N) is 1. The molecule has 1 aromatic heterocycles. The Balaban J connectivity index is 2.02. The van der Waals surface area contributed by atoms with Crippen LogP contribution < -0.4 is 9.44 Å². The minimum absolute atomic E-state index is 0.0751. The molecule has 8 heteroatoms. The second kappa shape index (κ2) is 7.38. The number of aryl methyl sites for hydroxylation is 1. The van der Waals surface area contributed by atoms with Gasteiger partial charge in [0, 0.05) is 11.6 Å². The summed E-state index contributed by atoms with van der Waals surface area (Å²) < 4.78 is 29.2. The molecule has 0 bridgehead atoms. The topological polar surface area (TPSA) is 91.3 Å². The summed E-state index contributed by atoms with van der Waals surface area (Å²) in [5.41, 5.74) is 2.53. The zero-order valence-electron chi connectivity index (χ0n) is 13.7. The van der Waals surface area contributed by atoms with Gasteiger partial charge < -0.3 is 5.11 Å². The Bertz CT molecular complexity index is 837. The van der Waals surface area contributed by atoms with E-state index in [0.717, 1.165) is 5.56 Å². The summed E-state index contributed by atoms with van der Waals surface area (Å²) in [5.74, 6) is 0.285. The van der Waals surface area contributed by atoms with Gasteiger partial charge in [0.25, 0.3) is 10.2 Å². The van der Waals surface area contributed by atoms with E-state index in [2.05, 4.69) is 14.4 Å². The lowest BCUT2D eigenvalue weighted by molar-refractivity contribution is 0.463. The van der Waals surface area contributed by atoms with Gasteiger partial charge in [-0.2, -0.15) is 13.1 Å². The molecule has 0 radical (unpaired) electrons. The van der Waals surface area contributed by atoms with Crippen LogP contribution in [-0.2, 0) is 16.6 Å². The number of aromatic nitrogens is 1. The molecule has 0 spiro atoms. The van der Waals surface area contributed by atoms with Gasteiger partial charge in [-0.25, -0.2) is 4.98 Å². The molecule has 6 nitrogen and oxygen atoms in total. The number of anilines is 1. The van der Waals surface area contributed by atoms with Crippen LogP contribution in [0.3, 0.4) is 0 Å². The van der Waals surface area contributed by atoms with Crippen LogP contribution >= 0.6 is 11.6 Å². The van der Waals surface area contributed by atoms with Gasteiger partial charge in [-0.3, -0.25) is 4.72 Å². The van der Waals surface area contributed by atoms with Gasteiger partial charge in [0.1, 0.15) is 11.6 Å². The zero-order valence-corrected chi connectivity index (χ0v) is 15.3. The first-order valence-electron chi connectivity index (χ1n) is 7.38. The average Bonchev–Trinajstić information content (AvgIpc) is 2.52. The zero-order chi connectivity index (χ0) is 17.9. The number of aromatic hydroxyl groups is 1. The Morgan fingerprint density at radius 3 is 2.38 bits per heavy atom.